The van der Waals surface area contributed by atoms with Crippen LogP contribution in [-0.4, -0.2) is 36.3 Å². The number of ether oxygens (including phenoxy) is 3. The maximum Gasteiger partial charge on any atom is 0.229 e. The molecule has 8 heteroatoms. The number of hydrogen-bond donors (Lipinski definition) is 2. The molecule has 0 saturated carbocycles. The topological polar surface area (TPSA) is 90.4 Å². The Hall–Kier alpha value is -3.55. The van der Waals surface area contributed by atoms with Gasteiger partial charge in [-0.2, -0.15) is 4.98 Å². The highest BCUT2D eigenvalue weighted by atomic mass is 16.5. The standard InChI is InChI=1S/C18H19N5O3/c1-24-14-10-13(11-15(25-2)17(14)26-3)21-16-6-9-20-18(23-16)22-12-4-7-19-8-5-12/h4-11H,1-3H3,(H2,19,20,21,22,23). The molecule has 3 aromatic rings. The number of rotatable bonds is 7. The van der Waals surface area contributed by atoms with Crippen molar-refractivity contribution < 1.29 is 14.2 Å². The molecule has 2 aromatic heterocycles. The van der Waals surface area contributed by atoms with Gasteiger partial charge in [0.25, 0.3) is 0 Å². The van der Waals surface area contributed by atoms with Crippen LogP contribution >= 0.6 is 0 Å². The molecule has 0 bridgehead atoms. The first-order valence-corrected chi connectivity index (χ1v) is 7.80. The van der Waals surface area contributed by atoms with Crippen LogP contribution in [0.25, 0.3) is 0 Å². The quantitative estimate of drug-likeness (QED) is 0.668. The van der Waals surface area contributed by atoms with Gasteiger partial charge in [0.1, 0.15) is 5.82 Å². The zero-order chi connectivity index (χ0) is 18.4. The van der Waals surface area contributed by atoms with Crippen LogP contribution < -0.4 is 24.8 Å². The molecule has 3 rings (SSSR count). The Bertz CT molecular complexity index is 849. The number of aromatic nitrogens is 3. The second kappa shape index (κ2) is 8.02. The molecule has 0 aliphatic rings. The summed E-state index contributed by atoms with van der Waals surface area (Å²) in [5.41, 5.74) is 1.60. The number of nitrogens with zero attached hydrogens (tertiary/aromatic N) is 3. The zero-order valence-corrected chi connectivity index (χ0v) is 14.7. The number of pyridine rings is 1. The van der Waals surface area contributed by atoms with E-state index in [9.17, 15) is 0 Å². The highest BCUT2D eigenvalue weighted by Gasteiger charge is 2.13. The normalized spacial score (nSPS) is 10.1. The summed E-state index contributed by atoms with van der Waals surface area (Å²) in [5.74, 6) is 2.72. The van der Waals surface area contributed by atoms with E-state index in [0.717, 1.165) is 11.4 Å². The van der Waals surface area contributed by atoms with Crippen molar-refractivity contribution in [3.05, 3.63) is 48.9 Å². The summed E-state index contributed by atoms with van der Waals surface area (Å²) in [5, 5.41) is 6.33. The summed E-state index contributed by atoms with van der Waals surface area (Å²) in [6.45, 7) is 0. The summed E-state index contributed by atoms with van der Waals surface area (Å²) in [4.78, 5) is 12.6. The van der Waals surface area contributed by atoms with Crippen LogP contribution in [0.5, 0.6) is 17.2 Å². The third-order valence-electron chi connectivity index (χ3n) is 3.53. The maximum atomic E-state index is 5.36. The average molecular weight is 353 g/mol. The van der Waals surface area contributed by atoms with Gasteiger partial charge in [0.15, 0.2) is 11.5 Å². The van der Waals surface area contributed by atoms with E-state index in [2.05, 4.69) is 25.6 Å². The van der Waals surface area contributed by atoms with Crippen LogP contribution in [0.4, 0.5) is 23.1 Å². The third kappa shape index (κ3) is 3.92. The number of hydrogen-bond acceptors (Lipinski definition) is 8. The Kier molecular flexibility index (Phi) is 5.33. The predicted octanol–water partition coefficient (Wildman–Crippen LogP) is 3.38. The molecule has 0 radical (unpaired) electrons. The number of methoxy groups -OCH3 is 3. The minimum Gasteiger partial charge on any atom is -0.493 e. The van der Waals surface area contributed by atoms with Crippen LogP contribution in [0.15, 0.2) is 48.9 Å². The predicted molar refractivity (Wildman–Crippen MR) is 98.9 cm³/mol. The Morgan fingerprint density at radius 3 is 2.08 bits per heavy atom. The van der Waals surface area contributed by atoms with E-state index in [1.807, 2.05) is 12.1 Å². The molecule has 0 spiro atoms. The van der Waals surface area contributed by atoms with Gasteiger partial charge >= 0.3 is 0 Å². The number of nitrogens with one attached hydrogen (secondary N) is 2. The Morgan fingerprint density at radius 1 is 0.769 bits per heavy atom. The van der Waals surface area contributed by atoms with Crippen molar-refractivity contribution in [2.45, 2.75) is 0 Å². The van der Waals surface area contributed by atoms with Crippen molar-refractivity contribution in [1.29, 1.82) is 0 Å². The van der Waals surface area contributed by atoms with Crippen LogP contribution in [0.3, 0.4) is 0 Å². The van der Waals surface area contributed by atoms with Gasteiger partial charge in [-0.25, -0.2) is 4.98 Å². The van der Waals surface area contributed by atoms with Crippen molar-refractivity contribution in [1.82, 2.24) is 15.0 Å². The maximum absolute atomic E-state index is 5.36. The van der Waals surface area contributed by atoms with Gasteiger partial charge in [0.2, 0.25) is 11.7 Å². The number of benzene rings is 1. The van der Waals surface area contributed by atoms with Gasteiger partial charge in [-0.1, -0.05) is 0 Å². The molecule has 1 aromatic carbocycles. The highest BCUT2D eigenvalue weighted by molar-refractivity contribution is 5.67. The summed E-state index contributed by atoms with van der Waals surface area (Å²) in [7, 11) is 4.71. The summed E-state index contributed by atoms with van der Waals surface area (Å²) < 4.78 is 16.1. The van der Waals surface area contributed by atoms with Crippen LogP contribution in [0.2, 0.25) is 0 Å². The molecule has 0 atom stereocenters. The lowest BCUT2D eigenvalue weighted by Gasteiger charge is -2.15. The monoisotopic (exact) mass is 353 g/mol. The Morgan fingerprint density at radius 2 is 1.46 bits per heavy atom. The van der Waals surface area contributed by atoms with E-state index in [4.69, 9.17) is 14.2 Å². The summed E-state index contributed by atoms with van der Waals surface area (Å²) in [6.07, 6.45) is 5.05. The van der Waals surface area contributed by atoms with Crippen molar-refractivity contribution in [3.8, 4) is 17.2 Å². The zero-order valence-electron chi connectivity index (χ0n) is 14.7. The van der Waals surface area contributed by atoms with Crippen molar-refractivity contribution in [2.24, 2.45) is 0 Å². The largest absolute Gasteiger partial charge is 0.493 e. The van der Waals surface area contributed by atoms with E-state index < -0.39 is 0 Å². The van der Waals surface area contributed by atoms with Crippen LogP contribution in [0, 0.1) is 0 Å². The molecule has 0 saturated heterocycles. The third-order valence-corrected chi connectivity index (χ3v) is 3.53. The molecular weight excluding hydrogens is 334 g/mol. The Balaban J connectivity index is 1.84. The first kappa shape index (κ1) is 17.3. The first-order chi connectivity index (χ1) is 12.7. The summed E-state index contributed by atoms with van der Waals surface area (Å²) >= 11 is 0. The Labute approximate surface area is 151 Å². The smallest absolute Gasteiger partial charge is 0.229 e. The molecule has 8 nitrogen and oxygen atoms in total. The molecule has 0 aliphatic heterocycles. The minimum absolute atomic E-state index is 0.466. The van der Waals surface area contributed by atoms with Gasteiger partial charge in [0, 0.05) is 42.1 Å². The molecule has 2 N–H and O–H groups in total. The second-order valence-electron chi connectivity index (χ2n) is 5.17. The van der Waals surface area contributed by atoms with Crippen molar-refractivity contribution in [3.63, 3.8) is 0 Å². The molecule has 2 heterocycles. The van der Waals surface area contributed by atoms with Gasteiger partial charge in [-0.3, -0.25) is 4.98 Å². The lowest BCUT2D eigenvalue weighted by molar-refractivity contribution is 0.324. The van der Waals surface area contributed by atoms with Crippen LogP contribution in [0.1, 0.15) is 0 Å². The fourth-order valence-electron chi connectivity index (χ4n) is 2.35. The van der Waals surface area contributed by atoms with Crippen molar-refractivity contribution >= 4 is 23.1 Å². The highest BCUT2D eigenvalue weighted by Crippen LogP contribution is 2.40. The van der Waals surface area contributed by atoms with E-state index >= 15 is 0 Å². The minimum atomic E-state index is 0.466. The molecule has 0 amide bonds. The van der Waals surface area contributed by atoms with Gasteiger partial charge < -0.3 is 24.8 Å². The fraction of sp³-hybridized carbons (Fsp3) is 0.167. The lowest BCUT2D eigenvalue weighted by Crippen LogP contribution is -2.01. The first-order valence-electron chi connectivity index (χ1n) is 7.80. The van der Waals surface area contributed by atoms with E-state index in [1.165, 1.54) is 0 Å². The number of anilines is 4. The van der Waals surface area contributed by atoms with Gasteiger partial charge in [-0.15, -0.1) is 0 Å². The van der Waals surface area contributed by atoms with Crippen LogP contribution in [-0.2, 0) is 0 Å². The van der Waals surface area contributed by atoms with Crippen molar-refractivity contribution in [2.75, 3.05) is 32.0 Å². The SMILES string of the molecule is COc1cc(Nc2ccnc(Nc3ccncc3)n2)cc(OC)c1OC. The molecule has 0 aliphatic carbocycles. The van der Waals surface area contributed by atoms with E-state index in [-0.39, 0.29) is 0 Å². The van der Waals surface area contributed by atoms with Gasteiger partial charge in [0.05, 0.1) is 21.3 Å². The molecule has 0 unspecified atom stereocenters. The molecule has 134 valence electrons. The average Bonchev–Trinajstić information content (AvgIpc) is 2.68. The summed E-state index contributed by atoms with van der Waals surface area (Å²) in [6, 6.07) is 9.05. The molecular formula is C18H19N5O3. The molecule has 0 fully saturated rings. The second-order valence-corrected chi connectivity index (χ2v) is 5.17. The van der Waals surface area contributed by atoms with E-state index in [0.29, 0.717) is 29.0 Å². The van der Waals surface area contributed by atoms with Gasteiger partial charge in [-0.05, 0) is 18.2 Å². The molecule has 26 heavy (non-hydrogen) atoms. The lowest BCUT2D eigenvalue weighted by atomic mass is 10.2. The van der Waals surface area contributed by atoms with E-state index in [1.54, 1.807) is 58.1 Å². The fourth-order valence-corrected chi connectivity index (χ4v) is 2.35.